The summed E-state index contributed by atoms with van der Waals surface area (Å²) in [6, 6.07) is 1.98. The summed E-state index contributed by atoms with van der Waals surface area (Å²) in [5, 5.41) is 0. The highest BCUT2D eigenvalue weighted by atomic mass is 127. The zero-order valence-electron chi connectivity index (χ0n) is 14.3. The Balaban J connectivity index is 1.80. The van der Waals surface area contributed by atoms with Crippen LogP contribution in [0.15, 0.2) is 16.7 Å². The maximum absolute atomic E-state index is 12.1. The number of aromatic nitrogens is 1. The Labute approximate surface area is 165 Å². The van der Waals surface area contributed by atoms with Gasteiger partial charge >= 0.3 is 6.09 Å². The Kier molecular flexibility index (Phi) is 7.15. The molecule has 1 aromatic rings. The molecule has 0 spiro atoms. The number of pyridine rings is 1. The first-order valence-electron chi connectivity index (χ1n) is 8.09. The Hall–Kier alpha value is -0.570. The molecule has 2 rings (SSSR count). The molecule has 134 valence electrons. The van der Waals surface area contributed by atoms with E-state index >= 15 is 0 Å². The predicted octanol–water partition coefficient (Wildman–Crippen LogP) is 4.81. The van der Waals surface area contributed by atoms with E-state index in [1.54, 1.807) is 11.1 Å². The van der Waals surface area contributed by atoms with Crippen LogP contribution in [-0.4, -0.2) is 41.3 Å². The second-order valence-electron chi connectivity index (χ2n) is 6.96. The number of ether oxygens (including phenoxy) is 2. The number of amides is 1. The lowest BCUT2D eigenvalue weighted by Crippen LogP contribution is -2.42. The Bertz CT molecular complexity index is 569. The summed E-state index contributed by atoms with van der Waals surface area (Å²) < 4.78 is 13.1. The number of hydrogen-bond acceptors (Lipinski definition) is 4. The van der Waals surface area contributed by atoms with E-state index in [1.165, 1.54) is 0 Å². The van der Waals surface area contributed by atoms with Crippen molar-refractivity contribution in [1.29, 1.82) is 0 Å². The van der Waals surface area contributed by atoms with Crippen LogP contribution in [-0.2, 0) is 9.16 Å². The number of carbonyl (C=O) groups excluding carboxylic acids is 1. The van der Waals surface area contributed by atoms with Crippen LogP contribution < -0.4 is 4.74 Å². The number of alkyl halides is 1. The number of nitrogens with zero attached hydrogens (tertiary/aromatic N) is 2. The molecule has 7 heteroatoms. The molecule has 0 N–H and O–H groups in total. The molecular weight excluding hydrogens is 487 g/mol. The lowest BCUT2D eigenvalue weighted by Gasteiger charge is -2.33. The first kappa shape index (κ1) is 19.8. The Morgan fingerprint density at radius 3 is 2.67 bits per heavy atom. The predicted molar refractivity (Wildman–Crippen MR) is 106 cm³/mol. The van der Waals surface area contributed by atoms with Gasteiger partial charge in [0.05, 0.1) is 16.8 Å². The van der Waals surface area contributed by atoms with Gasteiger partial charge in [-0.2, -0.15) is 0 Å². The van der Waals surface area contributed by atoms with Gasteiger partial charge in [-0.05, 0) is 55.5 Å². The number of halogens is 2. The van der Waals surface area contributed by atoms with E-state index in [0.29, 0.717) is 12.5 Å². The molecule has 0 aliphatic carbocycles. The summed E-state index contributed by atoms with van der Waals surface area (Å²) in [4.78, 5) is 18.2. The third kappa shape index (κ3) is 6.06. The summed E-state index contributed by atoms with van der Waals surface area (Å²) in [6.45, 7) is 7.77. The van der Waals surface area contributed by atoms with Gasteiger partial charge in [0.2, 0.25) is 0 Å². The van der Waals surface area contributed by atoms with Crippen LogP contribution in [0, 0.1) is 5.92 Å². The smallest absolute Gasteiger partial charge is 0.410 e. The molecule has 2 heterocycles. The number of piperidine rings is 1. The molecule has 24 heavy (non-hydrogen) atoms. The fourth-order valence-electron chi connectivity index (χ4n) is 2.46. The van der Waals surface area contributed by atoms with Crippen LogP contribution in [0.4, 0.5) is 4.79 Å². The van der Waals surface area contributed by atoms with Gasteiger partial charge in [0.1, 0.15) is 11.4 Å². The fourth-order valence-corrected chi connectivity index (χ4v) is 3.21. The molecule has 0 aromatic carbocycles. The minimum Gasteiger partial charge on any atom is -0.492 e. The van der Waals surface area contributed by atoms with E-state index in [-0.39, 0.29) is 6.09 Å². The molecule has 1 fully saturated rings. The second-order valence-corrected chi connectivity index (χ2v) is 8.58. The molecule has 0 unspecified atom stereocenters. The molecule has 0 radical (unpaired) electrons. The summed E-state index contributed by atoms with van der Waals surface area (Å²) in [6.07, 6.45) is 3.43. The van der Waals surface area contributed by atoms with Crippen molar-refractivity contribution in [2.75, 3.05) is 19.7 Å². The highest BCUT2D eigenvalue weighted by molar-refractivity contribution is 14.1. The average Bonchev–Trinajstić information content (AvgIpc) is 2.53. The standard InChI is InChI=1S/C17H24BrIN2O3/c1-17(2,3)24-16(22)21-6-4-12(5-7-21)11-23-15-8-13(9-19)20-10-14(15)18/h8,10,12H,4-7,9,11H2,1-3H3. The highest BCUT2D eigenvalue weighted by Crippen LogP contribution is 2.27. The minimum atomic E-state index is -0.443. The molecule has 5 nitrogen and oxygen atoms in total. The van der Waals surface area contributed by atoms with Gasteiger partial charge in [-0.3, -0.25) is 4.98 Å². The Morgan fingerprint density at radius 1 is 1.42 bits per heavy atom. The van der Waals surface area contributed by atoms with Gasteiger partial charge in [-0.15, -0.1) is 0 Å². The van der Waals surface area contributed by atoms with Crippen molar-refractivity contribution in [2.24, 2.45) is 5.92 Å². The SMILES string of the molecule is CC(C)(C)OC(=O)N1CCC(COc2cc(CI)ncc2Br)CC1. The zero-order chi connectivity index (χ0) is 17.7. The maximum Gasteiger partial charge on any atom is 0.410 e. The first-order valence-corrected chi connectivity index (χ1v) is 10.4. The maximum atomic E-state index is 12.1. The van der Waals surface area contributed by atoms with E-state index in [0.717, 1.165) is 46.3 Å². The molecule has 1 aliphatic heterocycles. The van der Waals surface area contributed by atoms with E-state index in [9.17, 15) is 4.79 Å². The van der Waals surface area contributed by atoms with Crippen molar-refractivity contribution in [3.63, 3.8) is 0 Å². The topological polar surface area (TPSA) is 51.7 Å². The summed E-state index contributed by atoms with van der Waals surface area (Å²) in [7, 11) is 0. The van der Waals surface area contributed by atoms with Crippen LogP contribution in [0.5, 0.6) is 5.75 Å². The average molecular weight is 511 g/mol. The van der Waals surface area contributed by atoms with E-state index < -0.39 is 5.60 Å². The third-order valence-corrected chi connectivity index (χ3v) is 5.13. The first-order chi connectivity index (χ1) is 11.3. The van der Waals surface area contributed by atoms with Gasteiger partial charge in [0, 0.05) is 29.8 Å². The molecular formula is C17H24BrIN2O3. The van der Waals surface area contributed by atoms with Crippen LogP contribution >= 0.6 is 38.5 Å². The molecule has 0 atom stereocenters. The van der Waals surface area contributed by atoms with Crippen molar-refractivity contribution in [1.82, 2.24) is 9.88 Å². The van der Waals surface area contributed by atoms with Crippen LogP contribution in [0.1, 0.15) is 39.3 Å². The molecule has 1 amide bonds. The summed E-state index contributed by atoms with van der Waals surface area (Å²) in [5.74, 6) is 1.29. The zero-order valence-corrected chi connectivity index (χ0v) is 18.1. The molecule has 1 saturated heterocycles. The summed E-state index contributed by atoms with van der Waals surface area (Å²) >= 11 is 5.77. The molecule has 0 saturated carbocycles. The van der Waals surface area contributed by atoms with Gasteiger partial charge < -0.3 is 14.4 Å². The minimum absolute atomic E-state index is 0.217. The molecule has 1 aliphatic rings. The number of rotatable bonds is 4. The quantitative estimate of drug-likeness (QED) is 0.431. The largest absolute Gasteiger partial charge is 0.492 e. The Morgan fingerprint density at radius 2 is 2.08 bits per heavy atom. The normalized spacial score (nSPS) is 16.1. The second kappa shape index (κ2) is 8.69. The van der Waals surface area contributed by atoms with Crippen LogP contribution in [0.3, 0.4) is 0 Å². The van der Waals surface area contributed by atoms with Crippen molar-refractivity contribution < 1.29 is 14.3 Å². The van der Waals surface area contributed by atoms with Crippen LogP contribution in [0.25, 0.3) is 0 Å². The van der Waals surface area contributed by atoms with Crippen molar-refractivity contribution in [3.05, 3.63) is 22.4 Å². The fraction of sp³-hybridized carbons (Fsp3) is 0.647. The van der Waals surface area contributed by atoms with Crippen molar-refractivity contribution in [3.8, 4) is 5.75 Å². The number of carbonyl (C=O) groups is 1. The van der Waals surface area contributed by atoms with E-state index in [2.05, 4.69) is 43.5 Å². The van der Waals surface area contributed by atoms with Crippen molar-refractivity contribution >= 4 is 44.6 Å². The highest BCUT2D eigenvalue weighted by Gasteiger charge is 2.27. The van der Waals surface area contributed by atoms with E-state index in [1.807, 2.05) is 26.8 Å². The van der Waals surface area contributed by atoms with Crippen molar-refractivity contribution in [2.45, 2.75) is 43.6 Å². The lowest BCUT2D eigenvalue weighted by molar-refractivity contribution is 0.0164. The third-order valence-electron chi connectivity index (χ3n) is 3.75. The van der Waals surface area contributed by atoms with Crippen LogP contribution in [0.2, 0.25) is 0 Å². The van der Waals surface area contributed by atoms with Gasteiger partial charge in [-0.1, -0.05) is 22.6 Å². The molecule has 1 aromatic heterocycles. The molecule has 0 bridgehead atoms. The lowest BCUT2D eigenvalue weighted by atomic mass is 9.98. The monoisotopic (exact) mass is 510 g/mol. The summed E-state index contributed by atoms with van der Waals surface area (Å²) in [5.41, 5.74) is 0.564. The van der Waals surface area contributed by atoms with Gasteiger partial charge in [0.15, 0.2) is 0 Å². The van der Waals surface area contributed by atoms with E-state index in [4.69, 9.17) is 9.47 Å². The number of hydrogen-bond donors (Lipinski definition) is 0. The van der Waals surface area contributed by atoms with Gasteiger partial charge in [-0.25, -0.2) is 4.79 Å². The van der Waals surface area contributed by atoms with Gasteiger partial charge in [0.25, 0.3) is 0 Å². The number of likely N-dealkylation sites (tertiary alicyclic amines) is 1.